The van der Waals surface area contributed by atoms with E-state index in [1.165, 1.54) is 12.1 Å². The maximum absolute atomic E-state index is 12.4. The summed E-state index contributed by atoms with van der Waals surface area (Å²) in [7, 11) is -3.33. The van der Waals surface area contributed by atoms with Crippen LogP contribution in [0.5, 0.6) is 0 Å². The molecule has 1 rings (SSSR count). The molecule has 104 valence electrons. The zero-order valence-electron chi connectivity index (χ0n) is 9.44. The van der Waals surface area contributed by atoms with Crippen LogP contribution in [0.15, 0.2) is 24.3 Å². The molecule has 1 aromatic rings. The fourth-order valence-corrected chi connectivity index (χ4v) is 2.21. The Balaban J connectivity index is 0.00000289. The highest BCUT2D eigenvalue weighted by Crippen LogP contribution is 2.30. The van der Waals surface area contributed by atoms with Gasteiger partial charge in [-0.1, -0.05) is 12.1 Å². The molecule has 0 radical (unpaired) electrons. The van der Waals surface area contributed by atoms with Crippen LogP contribution in [-0.2, 0) is 16.0 Å². The van der Waals surface area contributed by atoms with Gasteiger partial charge >= 0.3 is 6.18 Å². The Labute approximate surface area is 110 Å². The van der Waals surface area contributed by atoms with Gasteiger partial charge in [0, 0.05) is 12.3 Å². The number of halogens is 4. The van der Waals surface area contributed by atoms with Gasteiger partial charge in [0.2, 0.25) is 0 Å². The van der Waals surface area contributed by atoms with Gasteiger partial charge in [-0.25, -0.2) is 8.42 Å². The predicted octanol–water partition coefficient (Wildman–Crippen LogP) is 2.17. The van der Waals surface area contributed by atoms with Crippen molar-refractivity contribution >= 4 is 22.2 Å². The average Bonchev–Trinajstić information content (AvgIpc) is 2.14. The third kappa shape index (κ3) is 5.24. The van der Waals surface area contributed by atoms with Crippen LogP contribution in [0.25, 0.3) is 0 Å². The van der Waals surface area contributed by atoms with Gasteiger partial charge in [-0.3, -0.25) is 0 Å². The maximum atomic E-state index is 12.4. The van der Waals surface area contributed by atoms with Gasteiger partial charge in [-0.15, -0.1) is 12.4 Å². The third-order valence-electron chi connectivity index (χ3n) is 2.12. The minimum absolute atomic E-state index is 0. The largest absolute Gasteiger partial charge is 0.416 e. The summed E-state index contributed by atoms with van der Waals surface area (Å²) in [5, 5.41) is 0. The van der Waals surface area contributed by atoms with E-state index < -0.39 is 27.6 Å². The van der Waals surface area contributed by atoms with Crippen molar-refractivity contribution in [2.45, 2.75) is 12.2 Å². The number of benzene rings is 1. The van der Waals surface area contributed by atoms with Gasteiger partial charge in [0.1, 0.15) is 9.84 Å². The molecule has 0 heterocycles. The van der Waals surface area contributed by atoms with Gasteiger partial charge in [-0.05, 0) is 17.7 Å². The maximum Gasteiger partial charge on any atom is 0.416 e. The van der Waals surface area contributed by atoms with Crippen molar-refractivity contribution in [3.63, 3.8) is 0 Å². The summed E-state index contributed by atoms with van der Waals surface area (Å²) in [4.78, 5) is 0. The molecule has 0 spiro atoms. The number of alkyl halides is 3. The Hall–Kier alpha value is -0.790. The van der Waals surface area contributed by atoms with E-state index in [2.05, 4.69) is 0 Å². The monoisotopic (exact) mass is 303 g/mol. The zero-order chi connectivity index (χ0) is 13.3. The van der Waals surface area contributed by atoms with E-state index in [-0.39, 0.29) is 23.7 Å². The lowest BCUT2D eigenvalue weighted by atomic mass is 10.1. The fraction of sp³-hybridized carbons (Fsp3) is 0.400. The Morgan fingerprint density at radius 2 is 1.89 bits per heavy atom. The molecule has 1 aromatic carbocycles. The molecule has 0 saturated carbocycles. The van der Waals surface area contributed by atoms with Gasteiger partial charge in [0.15, 0.2) is 0 Å². The molecule has 0 aromatic heterocycles. The van der Waals surface area contributed by atoms with Crippen LogP contribution in [0, 0.1) is 0 Å². The quantitative estimate of drug-likeness (QED) is 0.931. The summed E-state index contributed by atoms with van der Waals surface area (Å²) in [6, 6.07) is 3.42. The van der Waals surface area contributed by atoms with E-state index in [1.807, 2.05) is 0 Å². The minimum Gasteiger partial charge on any atom is -0.323 e. The van der Waals surface area contributed by atoms with Crippen LogP contribution in [0.4, 0.5) is 13.2 Å². The first-order chi connectivity index (χ1) is 7.59. The SMILES string of the molecule is CS(=O)(=O)CC(N)c1cccc(C(F)(F)F)c1.Cl. The lowest BCUT2D eigenvalue weighted by Crippen LogP contribution is -2.21. The van der Waals surface area contributed by atoms with Crippen LogP contribution >= 0.6 is 12.4 Å². The van der Waals surface area contributed by atoms with E-state index in [0.717, 1.165) is 18.4 Å². The van der Waals surface area contributed by atoms with Crippen molar-refractivity contribution in [1.82, 2.24) is 0 Å². The molecule has 8 heteroatoms. The topological polar surface area (TPSA) is 60.2 Å². The van der Waals surface area contributed by atoms with E-state index in [9.17, 15) is 21.6 Å². The molecule has 2 N–H and O–H groups in total. The molecule has 18 heavy (non-hydrogen) atoms. The summed E-state index contributed by atoms with van der Waals surface area (Å²) < 4.78 is 59.2. The lowest BCUT2D eigenvalue weighted by Gasteiger charge is -2.13. The van der Waals surface area contributed by atoms with Crippen molar-refractivity contribution in [1.29, 1.82) is 0 Å². The minimum atomic E-state index is -4.46. The summed E-state index contributed by atoms with van der Waals surface area (Å²) >= 11 is 0. The molecule has 0 saturated heterocycles. The molecule has 3 nitrogen and oxygen atoms in total. The molecular weight excluding hydrogens is 291 g/mol. The highest BCUT2D eigenvalue weighted by atomic mass is 35.5. The summed E-state index contributed by atoms with van der Waals surface area (Å²) in [5.41, 5.74) is 4.87. The van der Waals surface area contributed by atoms with Gasteiger partial charge < -0.3 is 5.73 Å². The number of nitrogens with two attached hydrogens (primary N) is 1. The molecule has 0 aliphatic carbocycles. The molecule has 0 aliphatic rings. The number of hydrogen-bond acceptors (Lipinski definition) is 3. The molecule has 0 amide bonds. The summed E-state index contributed by atoms with van der Waals surface area (Å²) in [5.74, 6) is -0.381. The number of sulfone groups is 1. The normalized spacial score (nSPS) is 13.8. The van der Waals surface area contributed by atoms with Crippen LogP contribution in [0.1, 0.15) is 17.2 Å². The fourth-order valence-electron chi connectivity index (χ4n) is 1.37. The second kappa shape index (κ2) is 5.90. The van der Waals surface area contributed by atoms with E-state index in [1.54, 1.807) is 0 Å². The predicted molar refractivity (Wildman–Crippen MR) is 65.3 cm³/mol. The van der Waals surface area contributed by atoms with Crippen molar-refractivity contribution in [3.8, 4) is 0 Å². The molecule has 0 fully saturated rings. The lowest BCUT2D eigenvalue weighted by molar-refractivity contribution is -0.137. The first kappa shape index (κ1) is 17.2. The Bertz CT molecular complexity index is 502. The first-order valence-corrected chi connectivity index (χ1v) is 6.76. The van der Waals surface area contributed by atoms with Crippen LogP contribution in [-0.4, -0.2) is 20.4 Å². The van der Waals surface area contributed by atoms with Crippen molar-refractivity contribution in [2.75, 3.05) is 12.0 Å². The Morgan fingerprint density at radius 3 is 2.33 bits per heavy atom. The van der Waals surface area contributed by atoms with Crippen molar-refractivity contribution in [3.05, 3.63) is 35.4 Å². The van der Waals surface area contributed by atoms with Gasteiger partial charge in [0.25, 0.3) is 0 Å². The zero-order valence-corrected chi connectivity index (χ0v) is 11.1. The van der Waals surface area contributed by atoms with Crippen LogP contribution < -0.4 is 5.73 Å². The summed E-state index contributed by atoms with van der Waals surface area (Å²) in [6.07, 6.45) is -3.47. The standard InChI is InChI=1S/C10H12F3NO2S.ClH/c1-17(15,16)6-9(14)7-3-2-4-8(5-7)10(11,12)13;/h2-5,9H,6,14H2,1H3;1H. The van der Waals surface area contributed by atoms with Gasteiger partial charge in [-0.2, -0.15) is 13.2 Å². The van der Waals surface area contributed by atoms with E-state index in [4.69, 9.17) is 5.73 Å². The Morgan fingerprint density at radius 1 is 1.33 bits per heavy atom. The smallest absolute Gasteiger partial charge is 0.323 e. The molecule has 0 bridgehead atoms. The molecular formula is C10H13ClF3NO2S. The molecule has 1 unspecified atom stereocenters. The van der Waals surface area contributed by atoms with Crippen molar-refractivity contribution in [2.24, 2.45) is 5.73 Å². The third-order valence-corrected chi connectivity index (χ3v) is 3.09. The average molecular weight is 304 g/mol. The van der Waals surface area contributed by atoms with Crippen LogP contribution in [0.2, 0.25) is 0 Å². The number of hydrogen-bond donors (Lipinski definition) is 1. The molecule has 0 aliphatic heterocycles. The summed E-state index contributed by atoms with van der Waals surface area (Å²) in [6.45, 7) is 0. The Kier molecular flexibility index (Phi) is 5.64. The first-order valence-electron chi connectivity index (χ1n) is 4.70. The highest BCUT2D eigenvalue weighted by molar-refractivity contribution is 7.90. The molecule has 1 atom stereocenters. The van der Waals surface area contributed by atoms with Crippen molar-refractivity contribution < 1.29 is 21.6 Å². The van der Waals surface area contributed by atoms with E-state index in [0.29, 0.717) is 0 Å². The van der Waals surface area contributed by atoms with Gasteiger partial charge in [0.05, 0.1) is 11.3 Å². The number of rotatable bonds is 3. The highest BCUT2D eigenvalue weighted by Gasteiger charge is 2.30. The second-order valence-electron chi connectivity index (χ2n) is 3.82. The van der Waals surface area contributed by atoms with E-state index >= 15 is 0 Å². The second-order valence-corrected chi connectivity index (χ2v) is 6.01. The van der Waals surface area contributed by atoms with Crippen LogP contribution in [0.3, 0.4) is 0 Å².